The number of rotatable bonds is 3. The minimum absolute atomic E-state index is 0.465. The fourth-order valence-electron chi connectivity index (χ4n) is 5.23. The van der Waals surface area contributed by atoms with E-state index in [0.717, 1.165) is 17.8 Å². The second-order valence-electron chi connectivity index (χ2n) is 7.47. The zero-order valence-corrected chi connectivity index (χ0v) is 12.6. The monoisotopic (exact) mass is 264 g/mol. The van der Waals surface area contributed by atoms with Crippen LogP contribution in [0.1, 0.15) is 71.1 Å². The molecular weight excluding hydrogens is 232 g/mol. The first-order chi connectivity index (χ1) is 9.25. The standard InChI is InChI=1S/C17H32N2/c1-12(13-6-2-3-7-13)19-16-11-5-9-14-8-4-10-15(18)17(14)16/h12-17,19H,2-11,18H2,1H3. The average Bonchev–Trinajstić information content (AvgIpc) is 2.93. The van der Waals surface area contributed by atoms with Crippen LogP contribution in [0.3, 0.4) is 0 Å². The lowest BCUT2D eigenvalue weighted by molar-refractivity contribution is 0.0947. The van der Waals surface area contributed by atoms with Crippen LogP contribution in [0.2, 0.25) is 0 Å². The van der Waals surface area contributed by atoms with Gasteiger partial charge >= 0.3 is 0 Å². The summed E-state index contributed by atoms with van der Waals surface area (Å²) in [6.07, 6.45) is 14.1. The molecule has 0 aliphatic heterocycles. The van der Waals surface area contributed by atoms with Gasteiger partial charge in [-0.1, -0.05) is 38.5 Å². The number of nitrogens with two attached hydrogens (primary N) is 1. The molecule has 0 bridgehead atoms. The highest BCUT2D eigenvalue weighted by atomic mass is 15.0. The zero-order valence-electron chi connectivity index (χ0n) is 12.6. The van der Waals surface area contributed by atoms with Crippen LogP contribution >= 0.6 is 0 Å². The van der Waals surface area contributed by atoms with Crippen molar-refractivity contribution in [1.29, 1.82) is 0 Å². The van der Waals surface area contributed by atoms with Gasteiger partial charge < -0.3 is 11.1 Å². The van der Waals surface area contributed by atoms with Crippen molar-refractivity contribution in [2.75, 3.05) is 0 Å². The van der Waals surface area contributed by atoms with Crippen LogP contribution in [0.25, 0.3) is 0 Å². The van der Waals surface area contributed by atoms with Gasteiger partial charge in [-0.25, -0.2) is 0 Å². The van der Waals surface area contributed by atoms with Crippen molar-refractivity contribution >= 4 is 0 Å². The van der Waals surface area contributed by atoms with Crippen LogP contribution in [-0.2, 0) is 0 Å². The van der Waals surface area contributed by atoms with Crippen LogP contribution in [0.15, 0.2) is 0 Å². The third-order valence-electron chi connectivity index (χ3n) is 6.29. The van der Waals surface area contributed by atoms with E-state index in [1.54, 1.807) is 0 Å². The molecule has 3 aliphatic rings. The Balaban J connectivity index is 1.61. The summed E-state index contributed by atoms with van der Waals surface area (Å²) in [5.74, 6) is 2.62. The molecule has 3 rings (SSSR count). The Hall–Kier alpha value is -0.0800. The van der Waals surface area contributed by atoms with E-state index in [1.165, 1.54) is 64.2 Å². The van der Waals surface area contributed by atoms with E-state index in [1.807, 2.05) is 0 Å². The molecule has 0 aromatic carbocycles. The molecule has 3 N–H and O–H groups in total. The Morgan fingerprint density at radius 3 is 2.32 bits per heavy atom. The van der Waals surface area contributed by atoms with Crippen molar-refractivity contribution in [3.63, 3.8) is 0 Å². The molecule has 2 nitrogen and oxygen atoms in total. The van der Waals surface area contributed by atoms with E-state index < -0.39 is 0 Å². The minimum Gasteiger partial charge on any atom is -0.327 e. The smallest absolute Gasteiger partial charge is 0.0115 e. The molecule has 2 heteroatoms. The van der Waals surface area contributed by atoms with Crippen LogP contribution in [0.4, 0.5) is 0 Å². The summed E-state index contributed by atoms with van der Waals surface area (Å²) in [7, 11) is 0. The van der Waals surface area contributed by atoms with Crippen molar-refractivity contribution in [1.82, 2.24) is 5.32 Å². The van der Waals surface area contributed by atoms with Crippen molar-refractivity contribution < 1.29 is 0 Å². The summed E-state index contributed by atoms with van der Waals surface area (Å²) in [5.41, 5.74) is 6.47. The molecule has 110 valence electrons. The molecule has 0 heterocycles. The van der Waals surface area contributed by atoms with Crippen molar-refractivity contribution in [2.45, 2.75) is 89.3 Å². The topological polar surface area (TPSA) is 38.0 Å². The van der Waals surface area contributed by atoms with Gasteiger partial charge in [0.1, 0.15) is 0 Å². The van der Waals surface area contributed by atoms with E-state index in [2.05, 4.69) is 12.2 Å². The maximum Gasteiger partial charge on any atom is 0.0115 e. The molecule has 0 saturated heterocycles. The number of hydrogen-bond acceptors (Lipinski definition) is 2. The van der Waals surface area contributed by atoms with E-state index in [9.17, 15) is 0 Å². The summed E-state index contributed by atoms with van der Waals surface area (Å²) in [6, 6.07) is 1.89. The summed E-state index contributed by atoms with van der Waals surface area (Å²) in [5, 5.41) is 4.01. The van der Waals surface area contributed by atoms with E-state index in [0.29, 0.717) is 18.1 Å². The minimum atomic E-state index is 0.465. The largest absolute Gasteiger partial charge is 0.327 e. The van der Waals surface area contributed by atoms with E-state index in [4.69, 9.17) is 5.73 Å². The first kappa shape index (κ1) is 13.9. The molecule has 0 aromatic heterocycles. The first-order valence-corrected chi connectivity index (χ1v) is 8.77. The predicted octanol–water partition coefficient (Wildman–Crippen LogP) is 3.45. The van der Waals surface area contributed by atoms with Gasteiger partial charge in [-0.2, -0.15) is 0 Å². The lowest BCUT2D eigenvalue weighted by Crippen LogP contribution is -2.55. The molecule has 3 aliphatic carbocycles. The van der Waals surface area contributed by atoms with Crippen molar-refractivity contribution in [2.24, 2.45) is 23.5 Å². The maximum absolute atomic E-state index is 6.47. The first-order valence-electron chi connectivity index (χ1n) is 8.77. The van der Waals surface area contributed by atoms with Gasteiger partial charge in [-0.15, -0.1) is 0 Å². The lowest BCUT2D eigenvalue weighted by atomic mass is 9.66. The highest BCUT2D eigenvalue weighted by Crippen LogP contribution is 2.40. The average molecular weight is 264 g/mol. The SMILES string of the molecule is CC(NC1CCCC2CCCC(N)C21)C1CCCC1. The highest BCUT2D eigenvalue weighted by molar-refractivity contribution is 4.96. The fraction of sp³-hybridized carbons (Fsp3) is 1.00. The molecule has 0 amide bonds. The Labute approximate surface area is 118 Å². The molecule has 0 radical (unpaired) electrons. The van der Waals surface area contributed by atoms with Crippen molar-refractivity contribution in [3.8, 4) is 0 Å². The van der Waals surface area contributed by atoms with Crippen LogP contribution in [-0.4, -0.2) is 18.1 Å². The second-order valence-corrected chi connectivity index (χ2v) is 7.47. The summed E-state index contributed by atoms with van der Waals surface area (Å²) >= 11 is 0. The maximum atomic E-state index is 6.47. The molecule has 5 unspecified atom stereocenters. The Morgan fingerprint density at radius 2 is 1.58 bits per heavy atom. The Bertz CT molecular complexity index is 283. The molecule has 3 fully saturated rings. The second kappa shape index (κ2) is 6.13. The van der Waals surface area contributed by atoms with E-state index >= 15 is 0 Å². The number of fused-ring (bicyclic) bond motifs is 1. The quantitative estimate of drug-likeness (QED) is 0.819. The zero-order chi connectivity index (χ0) is 13.2. The third kappa shape index (κ3) is 3.00. The van der Waals surface area contributed by atoms with Gasteiger partial charge in [0.25, 0.3) is 0 Å². The molecular formula is C17H32N2. The molecule has 0 aromatic rings. The highest BCUT2D eigenvalue weighted by Gasteiger charge is 2.40. The van der Waals surface area contributed by atoms with Gasteiger partial charge in [0.15, 0.2) is 0 Å². The fourth-order valence-corrected chi connectivity index (χ4v) is 5.23. The third-order valence-corrected chi connectivity index (χ3v) is 6.29. The van der Waals surface area contributed by atoms with Crippen LogP contribution < -0.4 is 11.1 Å². The lowest BCUT2D eigenvalue weighted by Gasteiger charge is -2.46. The van der Waals surface area contributed by atoms with Crippen LogP contribution in [0, 0.1) is 17.8 Å². The van der Waals surface area contributed by atoms with Gasteiger partial charge in [0, 0.05) is 18.1 Å². The molecule has 3 saturated carbocycles. The van der Waals surface area contributed by atoms with Crippen molar-refractivity contribution in [3.05, 3.63) is 0 Å². The van der Waals surface area contributed by atoms with E-state index in [-0.39, 0.29) is 0 Å². The van der Waals surface area contributed by atoms with Gasteiger partial charge in [-0.05, 0) is 50.4 Å². The van der Waals surface area contributed by atoms with Gasteiger partial charge in [-0.3, -0.25) is 0 Å². The van der Waals surface area contributed by atoms with Crippen LogP contribution in [0.5, 0.6) is 0 Å². The molecule has 0 spiro atoms. The summed E-state index contributed by atoms with van der Waals surface area (Å²) in [6.45, 7) is 2.42. The van der Waals surface area contributed by atoms with Gasteiger partial charge in [0.2, 0.25) is 0 Å². The molecule has 19 heavy (non-hydrogen) atoms. The Kier molecular flexibility index (Phi) is 4.48. The molecule has 5 atom stereocenters. The summed E-state index contributed by atoms with van der Waals surface area (Å²) in [4.78, 5) is 0. The summed E-state index contributed by atoms with van der Waals surface area (Å²) < 4.78 is 0. The number of nitrogens with one attached hydrogen (secondary N) is 1. The number of hydrogen-bond donors (Lipinski definition) is 2. The normalized spacial score (nSPS) is 42.0. The predicted molar refractivity (Wildman–Crippen MR) is 81.0 cm³/mol. The Morgan fingerprint density at radius 1 is 0.895 bits per heavy atom. The van der Waals surface area contributed by atoms with Gasteiger partial charge in [0.05, 0.1) is 0 Å².